The second-order valence-electron chi connectivity index (χ2n) is 3.23. The number of nitrogen functional groups attached to an aromatic ring is 1. The quantitative estimate of drug-likeness (QED) is 0.809. The number of hydrogen-bond acceptors (Lipinski definition) is 4. The molecule has 0 aliphatic carbocycles. The minimum atomic E-state index is -0.557. The largest absolute Gasteiger partial charge is 0.397 e. The Kier molecular flexibility index (Phi) is 3.90. The van der Waals surface area contributed by atoms with E-state index < -0.39 is 6.29 Å². The van der Waals surface area contributed by atoms with Crippen LogP contribution in [0.25, 0.3) is 0 Å². The van der Waals surface area contributed by atoms with E-state index in [-0.39, 0.29) is 0 Å². The van der Waals surface area contributed by atoms with E-state index >= 15 is 0 Å². The van der Waals surface area contributed by atoms with Gasteiger partial charge in [0.15, 0.2) is 6.29 Å². The second-order valence-corrected chi connectivity index (χ2v) is 3.61. The summed E-state index contributed by atoms with van der Waals surface area (Å²) in [7, 11) is 3.07. The van der Waals surface area contributed by atoms with E-state index in [4.69, 9.17) is 26.8 Å². The first-order valence-corrected chi connectivity index (χ1v) is 4.88. The highest BCUT2D eigenvalue weighted by molar-refractivity contribution is 6.32. The van der Waals surface area contributed by atoms with Gasteiger partial charge in [0.25, 0.3) is 0 Å². The van der Waals surface area contributed by atoms with Gasteiger partial charge in [-0.2, -0.15) is 0 Å². The topological polar surface area (TPSA) is 57.4 Å². The predicted octanol–water partition coefficient (Wildman–Crippen LogP) is 2.23. The van der Waals surface area contributed by atoms with Crippen molar-refractivity contribution in [2.24, 2.45) is 0 Å². The average Bonchev–Trinajstić information content (AvgIpc) is 2.21. The van der Waals surface area contributed by atoms with Crippen LogP contribution in [0.1, 0.15) is 23.2 Å². The summed E-state index contributed by atoms with van der Waals surface area (Å²) in [5.74, 6) is 0. The van der Waals surface area contributed by atoms with Crippen LogP contribution in [0, 0.1) is 13.8 Å². The van der Waals surface area contributed by atoms with Crippen molar-refractivity contribution in [1.82, 2.24) is 4.98 Å². The highest BCUT2D eigenvalue weighted by Gasteiger charge is 2.20. The number of methoxy groups -OCH3 is 2. The molecule has 0 saturated carbocycles. The van der Waals surface area contributed by atoms with Crippen molar-refractivity contribution in [3.05, 3.63) is 22.0 Å². The number of nitrogens with two attached hydrogens (primary N) is 1. The number of hydrogen-bond donors (Lipinski definition) is 1. The molecule has 0 aliphatic heterocycles. The number of aryl methyl sites for hydroxylation is 2. The molecule has 1 aromatic rings. The van der Waals surface area contributed by atoms with Gasteiger partial charge in [-0.3, -0.25) is 4.98 Å². The van der Waals surface area contributed by atoms with Crippen LogP contribution in [0.4, 0.5) is 5.69 Å². The summed E-state index contributed by atoms with van der Waals surface area (Å²) in [4.78, 5) is 4.22. The normalized spacial score (nSPS) is 11.1. The Morgan fingerprint density at radius 1 is 1.20 bits per heavy atom. The van der Waals surface area contributed by atoms with Crippen molar-refractivity contribution in [1.29, 1.82) is 0 Å². The molecule has 15 heavy (non-hydrogen) atoms. The molecule has 0 spiro atoms. The number of ether oxygens (including phenoxy) is 2. The molecule has 0 bridgehead atoms. The fourth-order valence-electron chi connectivity index (χ4n) is 1.43. The Bertz CT molecular complexity index is 339. The third kappa shape index (κ3) is 2.22. The highest BCUT2D eigenvalue weighted by Crippen LogP contribution is 2.33. The first kappa shape index (κ1) is 12.2. The molecule has 0 saturated heterocycles. The van der Waals surface area contributed by atoms with Crippen LogP contribution in [0.5, 0.6) is 0 Å². The van der Waals surface area contributed by atoms with Gasteiger partial charge in [0.2, 0.25) is 0 Å². The molecule has 0 amide bonds. The molecule has 0 aliphatic rings. The second kappa shape index (κ2) is 4.79. The van der Waals surface area contributed by atoms with Gasteiger partial charge in [0.05, 0.1) is 27.7 Å². The van der Waals surface area contributed by atoms with Crippen LogP contribution < -0.4 is 5.73 Å². The smallest absolute Gasteiger partial charge is 0.186 e. The van der Waals surface area contributed by atoms with E-state index in [2.05, 4.69) is 4.98 Å². The molecule has 0 aromatic carbocycles. The Hall–Kier alpha value is -0.840. The van der Waals surface area contributed by atoms with Crippen molar-refractivity contribution >= 4 is 17.3 Å². The highest BCUT2D eigenvalue weighted by atomic mass is 35.5. The molecule has 0 fully saturated rings. The molecule has 84 valence electrons. The molecular weight excluding hydrogens is 216 g/mol. The zero-order chi connectivity index (χ0) is 11.6. The SMILES string of the molecule is COC(OC)c1c(N)c(C)nc(C)c1Cl. The maximum Gasteiger partial charge on any atom is 0.186 e. The number of pyridine rings is 1. The van der Waals surface area contributed by atoms with Crippen molar-refractivity contribution in [2.45, 2.75) is 20.1 Å². The molecule has 0 atom stereocenters. The summed E-state index contributed by atoms with van der Waals surface area (Å²) in [6, 6.07) is 0. The maximum absolute atomic E-state index is 6.12. The minimum Gasteiger partial charge on any atom is -0.397 e. The number of aromatic nitrogens is 1. The van der Waals surface area contributed by atoms with Crippen molar-refractivity contribution in [2.75, 3.05) is 20.0 Å². The number of anilines is 1. The third-order valence-corrected chi connectivity index (χ3v) is 2.71. The number of nitrogens with zero attached hydrogens (tertiary/aromatic N) is 1. The van der Waals surface area contributed by atoms with Gasteiger partial charge in [0.1, 0.15) is 0 Å². The summed E-state index contributed by atoms with van der Waals surface area (Å²) in [5.41, 5.74) is 8.50. The van der Waals surface area contributed by atoms with Gasteiger partial charge >= 0.3 is 0 Å². The summed E-state index contributed by atoms with van der Waals surface area (Å²) in [6.07, 6.45) is -0.557. The predicted molar refractivity (Wildman–Crippen MR) is 59.9 cm³/mol. The van der Waals surface area contributed by atoms with E-state index in [0.29, 0.717) is 16.3 Å². The van der Waals surface area contributed by atoms with Crippen LogP contribution >= 0.6 is 11.6 Å². The fourth-order valence-corrected chi connectivity index (χ4v) is 1.66. The van der Waals surface area contributed by atoms with Crippen LogP contribution in [0.2, 0.25) is 5.02 Å². The molecule has 4 nitrogen and oxygen atoms in total. The summed E-state index contributed by atoms with van der Waals surface area (Å²) in [5, 5.41) is 0.492. The van der Waals surface area contributed by atoms with E-state index in [0.717, 1.165) is 11.4 Å². The monoisotopic (exact) mass is 230 g/mol. The standard InChI is InChI=1S/C10H15ClN2O2/c1-5-8(11)7(10(14-3)15-4)9(12)6(2)13-5/h10H,12H2,1-4H3. The lowest BCUT2D eigenvalue weighted by molar-refractivity contribution is -0.105. The first-order valence-electron chi connectivity index (χ1n) is 4.50. The lowest BCUT2D eigenvalue weighted by Crippen LogP contribution is -2.11. The van der Waals surface area contributed by atoms with Gasteiger partial charge in [-0.1, -0.05) is 11.6 Å². The van der Waals surface area contributed by atoms with Gasteiger partial charge in [-0.05, 0) is 13.8 Å². The molecule has 0 radical (unpaired) electrons. The van der Waals surface area contributed by atoms with E-state index in [1.807, 2.05) is 13.8 Å². The van der Waals surface area contributed by atoms with Gasteiger partial charge in [-0.15, -0.1) is 0 Å². The molecule has 5 heteroatoms. The summed E-state index contributed by atoms with van der Waals surface area (Å²) >= 11 is 6.12. The van der Waals surface area contributed by atoms with Crippen molar-refractivity contribution in [3.8, 4) is 0 Å². The van der Waals surface area contributed by atoms with Gasteiger partial charge < -0.3 is 15.2 Å². The van der Waals surface area contributed by atoms with Crippen LogP contribution in [-0.4, -0.2) is 19.2 Å². The molecule has 1 aromatic heterocycles. The maximum atomic E-state index is 6.12. The zero-order valence-electron chi connectivity index (χ0n) is 9.30. The van der Waals surface area contributed by atoms with Crippen molar-refractivity contribution < 1.29 is 9.47 Å². The summed E-state index contributed by atoms with van der Waals surface area (Å²) in [6.45, 7) is 3.64. The Balaban J connectivity index is 3.37. The molecule has 1 rings (SSSR count). The molecule has 2 N–H and O–H groups in total. The van der Waals surface area contributed by atoms with Crippen LogP contribution in [0.15, 0.2) is 0 Å². The minimum absolute atomic E-state index is 0.492. The lowest BCUT2D eigenvalue weighted by Gasteiger charge is -2.19. The molecule has 1 heterocycles. The number of halogens is 1. The zero-order valence-corrected chi connectivity index (χ0v) is 10.1. The first-order chi connectivity index (χ1) is 7.02. The van der Waals surface area contributed by atoms with Crippen LogP contribution in [0.3, 0.4) is 0 Å². The van der Waals surface area contributed by atoms with E-state index in [9.17, 15) is 0 Å². The van der Waals surface area contributed by atoms with Crippen LogP contribution in [-0.2, 0) is 9.47 Å². The van der Waals surface area contributed by atoms with Gasteiger partial charge in [0, 0.05) is 14.2 Å². The van der Waals surface area contributed by atoms with E-state index in [1.54, 1.807) is 0 Å². The Morgan fingerprint density at radius 3 is 2.20 bits per heavy atom. The van der Waals surface area contributed by atoms with Crippen molar-refractivity contribution in [3.63, 3.8) is 0 Å². The Morgan fingerprint density at radius 2 is 1.73 bits per heavy atom. The Labute approximate surface area is 94.3 Å². The van der Waals surface area contributed by atoms with Gasteiger partial charge in [-0.25, -0.2) is 0 Å². The summed E-state index contributed by atoms with van der Waals surface area (Å²) < 4.78 is 10.3. The molecular formula is C10H15ClN2O2. The third-order valence-electron chi connectivity index (χ3n) is 2.23. The average molecular weight is 231 g/mol. The molecule has 0 unspecified atom stereocenters. The van der Waals surface area contributed by atoms with E-state index in [1.165, 1.54) is 14.2 Å². The number of rotatable bonds is 3. The lowest BCUT2D eigenvalue weighted by atomic mass is 10.1. The fraction of sp³-hybridized carbons (Fsp3) is 0.500.